The fourth-order valence-corrected chi connectivity index (χ4v) is 4.17. The van der Waals surface area contributed by atoms with Crippen molar-refractivity contribution in [3.63, 3.8) is 0 Å². The third-order valence-electron chi connectivity index (χ3n) is 5.68. The maximum atomic E-state index is 6.31. The van der Waals surface area contributed by atoms with Gasteiger partial charge in [0.2, 0.25) is 0 Å². The van der Waals surface area contributed by atoms with Crippen molar-refractivity contribution in [3.05, 3.63) is 70.0 Å². The normalized spacial score (nSPS) is 16.8. The minimum atomic E-state index is -0.00768. The summed E-state index contributed by atoms with van der Waals surface area (Å²) < 4.78 is 11.9. The van der Waals surface area contributed by atoms with E-state index in [0.717, 1.165) is 28.4 Å². The van der Waals surface area contributed by atoms with Crippen molar-refractivity contribution in [1.82, 2.24) is 0 Å². The predicted molar refractivity (Wildman–Crippen MR) is 118 cm³/mol. The zero-order chi connectivity index (χ0) is 21.0. The van der Waals surface area contributed by atoms with Gasteiger partial charge in [-0.05, 0) is 46.9 Å². The van der Waals surface area contributed by atoms with Crippen LogP contribution >= 0.6 is 0 Å². The molecule has 0 saturated heterocycles. The average Bonchev–Trinajstić information content (AvgIpc) is 2.87. The van der Waals surface area contributed by atoms with Crippen molar-refractivity contribution < 1.29 is 9.47 Å². The first-order valence-corrected chi connectivity index (χ1v) is 10.0. The molecule has 0 radical (unpaired) electrons. The van der Waals surface area contributed by atoms with Crippen LogP contribution < -0.4 is 9.47 Å². The van der Waals surface area contributed by atoms with Crippen LogP contribution in [0.15, 0.2) is 36.6 Å². The van der Waals surface area contributed by atoms with E-state index in [0.29, 0.717) is 0 Å². The van der Waals surface area contributed by atoms with E-state index < -0.39 is 0 Å². The minimum absolute atomic E-state index is 0.00768. The highest BCUT2D eigenvalue weighted by Crippen LogP contribution is 2.50. The van der Waals surface area contributed by atoms with E-state index in [1.807, 2.05) is 0 Å². The molecule has 0 saturated carbocycles. The Kier molecular flexibility index (Phi) is 4.90. The molecule has 1 aliphatic rings. The van der Waals surface area contributed by atoms with Crippen molar-refractivity contribution >= 4 is 0 Å². The van der Waals surface area contributed by atoms with Crippen molar-refractivity contribution in [3.8, 4) is 11.5 Å². The summed E-state index contributed by atoms with van der Waals surface area (Å²) in [4.78, 5) is 0. The number of hydrogen-bond acceptors (Lipinski definition) is 2. The number of rotatable bonds is 2. The lowest BCUT2D eigenvalue weighted by Crippen LogP contribution is -2.17. The van der Waals surface area contributed by atoms with Gasteiger partial charge in [-0.25, -0.2) is 0 Å². The first-order valence-electron chi connectivity index (χ1n) is 10.0. The molecule has 1 atom stereocenters. The predicted octanol–water partition coefficient (Wildman–Crippen LogP) is 6.95. The van der Waals surface area contributed by atoms with Crippen LogP contribution in [0, 0.1) is 13.8 Å². The third-order valence-corrected chi connectivity index (χ3v) is 5.68. The molecule has 28 heavy (non-hydrogen) atoms. The second-order valence-electron chi connectivity index (χ2n) is 10.1. The van der Waals surface area contributed by atoms with Crippen molar-refractivity contribution in [2.45, 2.75) is 72.1 Å². The number of fused-ring (bicyclic) bond motifs is 1. The molecule has 0 amide bonds. The van der Waals surface area contributed by atoms with E-state index in [-0.39, 0.29) is 16.7 Å². The Labute approximate surface area is 170 Å². The molecule has 2 heteroatoms. The summed E-state index contributed by atoms with van der Waals surface area (Å²) in [5.41, 5.74) is 7.36. The first-order chi connectivity index (χ1) is 12.8. The van der Waals surface area contributed by atoms with Gasteiger partial charge in [0.1, 0.15) is 17.3 Å². The topological polar surface area (TPSA) is 18.5 Å². The highest BCUT2D eigenvalue weighted by Gasteiger charge is 2.36. The molecule has 2 aromatic carbocycles. The number of allylic oxidation sites excluding steroid dienone is 1. The Morgan fingerprint density at radius 3 is 1.93 bits per heavy atom. The minimum Gasteiger partial charge on any atom is -0.496 e. The van der Waals surface area contributed by atoms with E-state index in [1.165, 1.54) is 22.3 Å². The molecular formula is C26H34O2. The van der Waals surface area contributed by atoms with Crippen LogP contribution in [0.5, 0.6) is 11.5 Å². The van der Waals surface area contributed by atoms with Crippen LogP contribution in [-0.2, 0) is 10.8 Å². The van der Waals surface area contributed by atoms with Crippen LogP contribution in [0.1, 0.15) is 80.8 Å². The van der Waals surface area contributed by atoms with Crippen LogP contribution in [0.25, 0.3) is 0 Å². The molecule has 1 heterocycles. The highest BCUT2D eigenvalue weighted by molar-refractivity contribution is 5.60. The molecule has 2 aromatic rings. The lowest BCUT2D eigenvalue weighted by molar-refractivity contribution is 0.407. The molecular weight excluding hydrogens is 344 g/mol. The lowest BCUT2D eigenvalue weighted by Gasteiger charge is -2.27. The van der Waals surface area contributed by atoms with Gasteiger partial charge in [-0.3, -0.25) is 0 Å². The van der Waals surface area contributed by atoms with E-state index in [4.69, 9.17) is 9.47 Å². The number of ether oxygens (including phenoxy) is 2. The molecule has 1 unspecified atom stereocenters. The summed E-state index contributed by atoms with van der Waals surface area (Å²) in [5.74, 6) is 2.78. The summed E-state index contributed by atoms with van der Waals surface area (Å²) in [6.45, 7) is 22.0. The maximum Gasteiger partial charge on any atom is 0.134 e. The standard InChI is InChI=1S/C26H34O2/c1-15-11-18(12-16(2)23(15)27-10)22-17(3)28-24-20(22)13-19(25(4,5)6)14-21(24)26(7,8)9/h11-14,22H,3H2,1-2,4-10H3. The molecule has 0 fully saturated rings. The van der Waals surface area contributed by atoms with Gasteiger partial charge in [-0.1, -0.05) is 72.4 Å². The van der Waals surface area contributed by atoms with Gasteiger partial charge in [0.25, 0.3) is 0 Å². The molecule has 2 nitrogen and oxygen atoms in total. The summed E-state index contributed by atoms with van der Waals surface area (Å²) >= 11 is 0. The van der Waals surface area contributed by atoms with Gasteiger partial charge in [-0.15, -0.1) is 0 Å². The summed E-state index contributed by atoms with van der Waals surface area (Å²) in [6, 6.07) is 9.06. The summed E-state index contributed by atoms with van der Waals surface area (Å²) in [5, 5.41) is 0. The smallest absolute Gasteiger partial charge is 0.134 e. The first kappa shape index (κ1) is 20.5. The summed E-state index contributed by atoms with van der Waals surface area (Å²) in [7, 11) is 1.73. The van der Waals surface area contributed by atoms with Crippen molar-refractivity contribution in [1.29, 1.82) is 0 Å². The highest BCUT2D eigenvalue weighted by atomic mass is 16.5. The van der Waals surface area contributed by atoms with E-state index >= 15 is 0 Å². The quantitative estimate of drug-likeness (QED) is 0.563. The molecule has 1 aliphatic heterocycles. The van der Waals surface area contributed by atoms with Crippen molar-refractivity contribution in [2.24, 2.45) is 0 Å². The van der Waals surface area contributed by atoms with Gasteiger partial charge in [-0.2, -0.15) is 0 Å². The third kappa shape index (κ3) is 3.45. The molecule has 0 spiro atoms. The number of hydrogen-bond donors (Lipinski definition) is 0. The number of methoxy groups -OCH3 is 1. The fraction of sp³-hybridized carbons (Fsp3) is 0.462. The Morgan fingerprint density at radius 2 is 1.46 bits per heavy atom. The summed E-state index contributed by atoms with van der Waals surface area (Å²) in [6.07, 6.45) is 0. The van der Waals surface area contributed by atoms with Crippen LogP contribution in [0.4, 0.5) is 0 Å². The van der Waals surface area contributed by atoms with Gasteiger partial charge < -0.3 is 9.47 Å². The fourth-order valence-electron chi connectivity index (χ4n) is 4.17. The monoisotopic (exact) mass is 378 g/mol. The van der Waals surface area contributed by atoms with Gasteiger partial charge >= 0.3 is 0 Å². The maximum absolute atomic E-state index is 6.31. The van der Waals surface area contributed by atoms with E-state index in [1.54, 1.807) is 7.11 Å². The Bertz CT molecular complexity index is 913. The van der Waals surface area contributed by atoms with Gasteiger partial charge in [0.05, 0.1) is 13.0 Å². The van der Waals surface area contributed by atoms with Gasteiger partial charge in [0, 0.05) is 11.1 Å². The Hall–Kier alpha value is -2.22. The van der Waals surface area contributed by atoms with E-state index in [9.17, 15) is 0 Å². The molecule has 0 aliphatic carbocycles. The zero-order valence-electron chi connectivity index (χ0n) is 18.9. The Balaban J connectivity index is 2.27. The van der Waals surface area contributed by atoms with Crippen molar-refractivity contribution in [2.75, 3.05) is 7.11 Å². The number of aryl methyl sites for hydroxylation is 2. The Morgan fingerprint density at radius 1 is 0.893 bits per heavy atom. The molecule has 0 N–H and O–H groups in total. The largest absolute Gasteiger partial charge is 0.496 e. The average molecular weight is 379 g/mol. The van der Waals surface area contributed by atoms with E-state index in [2.05, 4.69) is 86.2 Å². The molecule has 3 rings (SSSR count). The van der Waals surface area contributed by atoms with Crippen LogP contribution in [-0.4, -0.2) is 7.11 Å². The van der Waals surface area contributed by atoms with Crippen LogP contribution in [0.3, 0.4) is 0 Å². The number of benzene rings is 2. The van der Waals surface area contributed by atoms with Crippen LogP contribution in [0.2, 0.25) is 0 Å². The molecule has 0 aromatic heterocycles. The zero-order valence-corrected chi connectivity index (χ0v) is 18.9. The SMILES string of the molecule is C=C1Oc2c(cc(C(C)(C)C)cc2C(C)(C)C)C1c1cc(C)c(OC)c(C)c1. The van der Waals surface area contributed by atoms with Gasteiger partial charge in [0.15, 0.2) is 0 Å². The second-order valence-corrected chi connectivity index (χ2v) is 10.1. The lowest BCUT2D eigenvalue weighted by atomic mass is 9.77. The molecule has 0 bridgehead atoms. The second kappa shape index (κ2) is 6.69. The molecule has 150 valence electrons.